The van der Waals surface area contributed by atoms with Crippen molar-refractivity contribution in [3.05, 3.63) is 0 Å². The van der Waals surface area contributed by atoms with E-state index >= 15 is 0 Å². The first-order chi connectivity index (χ1) is 4.68. The molecule has 0 aliphatic heterocycles. The van der Waals surface area contributed by atoms with Crippen LogP contribution in [0, 0.1) is 0 Å². The molecule has 0 rings (SSSR count). The van der Waals surface area contributed by atoms with E-state index in [0.717, 1.165) is 12.8 Å². The Morgan fingerprint density at radius 2 is 1.80 bits per heavy atom. The molecule has 62 valence electrons. The molecule has 10 heavy (non-hydrogen) atoms. The molecule has 2 nitrogen and oxygen atoms in total. The number of hydrogen-bond acceptors (Lipinski definition) is 2. The van der Waals surface area contributed by atoms with Crippen molar-refractivity contribution in [1.82, 2.24) is 0 Å². The van der Waals surface area contributed by atoms with Gasteiger partial charge in [-0.05, 0) is 19.8 Å². The first-order valence-corrected chi connectivity index (χ1v) is 4.02. The summed E-state index contributed by atoms with van der Waals surface area (Å²) in [6.45, 7) is 7.70. The average molecular weight is 145 g/mol. The lowest BCUT2D eigenvalue weighted by molar-refractivity contribution is -0.0329. The van der Waals surface area contributed by atoms with Crippen LogP contribution in [0.15, 0.2) is 0 Å². The van der Waals surface area contributed by atoms with Crippen LogP contribution in [0.3, 0.4) is 0 Å². The minimum atomic E-state index is 0.0549. The van der Waals surface area contributed by atoms with Gasteiger partial charge in [0.1, 0.15) is 0 Å². The third-order valence-electron chi connectivity index (χ3n) is 2.06. The zero-order valence-electron chi connectivity index (χ0n) is 7.31. The standard InChI is InChI=1S/C8H19NO/c1-4-8(3,5-2)10-7-6-9/h4-7,9H2,1-3H3. The number of rotatable bonds is 5. The lowest BCUT2D eigenvalue weighted by Crippen LogP contribution is -2.29. The lowest BCUT2D eigenvalue weighted by atomic mass is 10.0. The van der Waals surface area contributed by atoms with Gasteiger partial charge in [-0.3, -0.25) is 0 Å². The van der Waals surface area contributed by atoms with Crippen molar-refractivity contribution in [2.24, 2.45) is 5.73 Å². The zero-order valence-corrected chi connectivity index (χ0v) is 7.31. The highest BCUT2D eigenvalue weighted by atomic mass is 16.5. The number of ether oxygens (including phenoxy) is 1. The van der Waals surface area contributed by atoms with Gasteiger partial charge in [0, 0.05) is 6.54 Å². The van der Waals surface area contributed by atoms with E-state index < -0.39 is 0 Å². The summed E-state index contributed by atoms with van der Waals surface area (Å²) in [6, 6.07) is 0. The molecule has 0 amide bonds. The summed E-state index contributed by atoms with van der Waals surface area (Å²) in [7, 11) is 0. The van der Waals surface area contributed by atoms with E-state index in [9.17, 15) is 0 Å². The van der Waals surface area contributed by atoms with Gasteiger partial charge in [-0.25, -0.2) is 0 Å². The predicted molar refractivity (Wildman–Crippen MR) is 44.0 cm³/mol. The first-order valence-electron chi connectivity index (χ1n) is 4.02. The average Bonchev–Trinajstić information content (AvgIpc) is 2.00. The van der Waals surface area contributed by atoms with E-state index in [0.29, 0.717) is 13.2 Å². The highest BCUT2D eigenvalue weighted by Gasteiger charge is 2.18. The van der Waals surface area contributed by atoms with Gasteiger partial charge in [-0.2, -0.15) is 0 Å². The smallest absolute Gasteiger partial charge is 0.0650 e. The van der Waals surface area contributed by atoms with E-state index in [1.165, 1.54) is 0 Å². The third kappa shape index (κ3) is 3.18. The lowest BCUT2D eigenvalue weighted by Gasteiger charge is -2.26. The molecular formula is C8H19NO. The Bertz CT molecular complexity index is 79.3. The van der Waals surface area contributed by atoms with Crippen molar-refractivity contribution >= 4 is 0 Å². The Labute approximate surface area is 63.7 Å². The minimum Gasteiger partial charge on any atom is -0.374 e. The molecule has 0 radical (unpaired) electrons. The van der Waals surface area contributed by atoms with Crippen molar-refractivity contribution in [1.29, 1.82) is 0 Å². The van der Waals surface area contributed by atoms with Crippen LogP contribution in [0.2, 0.25) is 0 Å². The van der Waals surface area contributed by atoms with E-state index in [1.54, 1.807) is 0 Å². The maximum Gasteiger partial charge on any atom is 0.0650 e. The molecule has 0 aromatic carbocycles. The molecular weight excluding hydrogens is 126 g/mol. The van der Waals surface area contributed by atoms with E-state index in [1.807, 2.05) is 0 Å². The highest BCUT2D eigenvalue weighted by Crippen LogP contribution is 2.18. The van der Waals surface area contributed by atoms with Gasteiger partial charge in [0.25, 0.3) is 0 Å². The summed E-state index contributed by atoms with van der Waals surface area (Å²) in [5.74, 6) is 0. The topological polar surface area (TPSA) is 35.2 Å². The van der Waals surface area contributed by atoms with Crippen LogP contribution in [0.1, 0.15) is 33.6 Å². The fourth-order valence-corrected chi connectivity index (χ4v) is 0.759. The first kappa shape index (κ1) is 9.92. The molecule has 2 heteroatoms. The molecule has 0 aliphatic carbocycles. The summed E-state index contributed by atoms with van der Waals surface area (Å²) in [6.07, 6.45) is 2.12. The molecule has 0 fully saturated rings. The van der Waals surface area contributed by atoms with Gasteiger partial charge in [-0.15, -0.1) is 0 Å². The molecule has 2 N–H and O–H groups in total. The summed E-state index contributed by atoms with van der Waals surface area (Å²) < 4.78 is 5.55. The molecule has 0 saturated carbocycles. The van der Waals surface area contributed by atoms with Crippen molar-refractivity contribution in [2.45, 2.75) is 39.2 Å². The van der Waals surface area contributed by atoms with Crippen LogP contribution in [-0.4, -0.2) is 18.8 Å². The maximum absolute atomic E-state index is 5.55. The molecule has 0 saturated heterocycles. The van der Waals surface area contributed by atoms with Crippen molar-refractivity contribution in [2.75, 3.05) is 13.2 Å². The minimum absolute atomic E-state index is 0.0549. The second-order valence-corrected chi connectivity index (χ2v) is 2.79. The second-order valence-electron chi connectivity index (χ2n) is 2.79. The van der Waals surface area contributed by atoms with Gasteiger partial charge in [0.2, 0.25) is 0 Å². The second kappa shape index (κ2) is 4.69. The normalized spacial score (nSPS) is 12.0. The van der Waals surface area contributed by atoms with Gasteiger partial charge in [0.15, 0.2) is 0 Å². The predicted octanol–water partition coefficient (Wildman–Crippen LogP) is 1.54. The SMILES string of the molecule is CCC(C)(CC)OCCN. The Balaban J connectivity index is 3.58. The van der Waals surface area contributed by atoms with Gasteiger partial charge in [0.05, 0.1) is 12.2 Å². The highest BCUT2D eigenvalue weighted by molar-refractivity contribution is 4.70. The Hall–Kier alpha value is -0.0800. The van der Waals surface area contributed by atoms with Crippen LogP contribution >= 0.6 is 0 Å². The van der Waals surface area contributed by atoms with Gasteiger partial charge in [-0.1, -0.05) is 13.8 Å². The molecule has 0 heterocycles. The number of nitrogens with two attached hydrogens (primary N) is 1. The summed E-state index contributed by atoms with van der Waals surface area (Å²) >= 11 is 0. The molecule has 0 bridgehead atoms. The molecule has 0 aromatic rings. The summed E-state index contributed by atoms with van der Waals surface area (Å²) in [5, 5.41) is 0. The van der Waals surface area contributed by atoms with E-state index in [4.69, 9.17) is 10.5 Å². The van der Waals surface area contributed by atoms with Gasteiger partial charge >= 0.3 is 0 Å². The molecule has 0 spiro atoms. The van der Waals surface area contributed by atoms with E-state index in [2.05, 4.69) is 20.8 Å². The van der Waals surface area contributed by atoms with Crippen LogP contribution in [0.4, 0.5) is 0 Å². The van der Waals surface area contributed by atoms with Gasteiger partial charge < -0.3 is 10.5 Å². The van der Waals surface area contributed by atoms with Crippen LogP contribution in [0.25, 0.3) is 0 Å². The van der Waals surface area contributed by atoms with Crippen molar-refractivity contribution in [3.8, 4) is 0 Å². The zero-order chi connectivity index (χ0) is 8.04. The Kier molecular flexibility index (Phi) is 4.65. The molecule has 0 atom stereocenters. The Morgan fingerprint density at radius 1 is 1.30 bits per heavy atom. The molecule has 0 unspecified atom stereocenters. The summed E-state index contributed by atoms with van der Waals surface area (Å²) in [4.78, 5) is 0. The quantitative estimate of drug-likeness (QED) is 0.637. The van der Waals surface area contributed by atoms with Crippen LogP contribution in [0.5, 0.6) is 0 Å². The maximum atomic E-state index is 5.55. The molecule has 0 aromatic heterocycles. The number of hydrogen-bond donors (Lipinski definition) is 1. The van der Waals surface area contributed by atoms with Crippen molar-refractivity contribution in [3.63, 3.8) is 0 Å². The third-order valence-corrected chi connectivity index (χ3v) is 2.06. The fourth-order valence-electron chi connectivity index (χ4n) is 0.759. The monoisotopic (exact) mass is 145 g/mol. The van der Waals surface area contributed by atoms with Crippen LogP contribution in [-0.2, 0) is 4.74 Å². The van der Waals surface area contributed by atoms with Crippen LogP contribution < -0.4 is 5.73 Å². The largest absolute Gasteiger partial charge is 0.374 e. The summed E-state index contributed by atoms with van der Waals surface area (Å²) in [5.41, 5.74) is 5.38. The molecule has 0 aliphatic rings. The van der Waals surface area contributed by atoms with Crippen molar-refractivity contribution < 1.29 is 4.74 Å². The fraction of sp³-hybridized carbons (Fsp3) is 1.00. The Morgan fingerprint density at radius 3 is 2.10 bits per heavy atom. The van der Waals surface area contributed by atoms with E-state index in [-0.39, 0.29) is 5.60 Å².